The maximum Gasteiger partial charge on any atom is 0.240 e. The van der Waals surface area contributed by atoms with Crippen molar-refractivity contribution in [2.24, 2.45) is 0 Å². The second-order valence-corrected chi connectivity index (χ2v) is 6.89. The highest BCUT2D eigenvalue weighted by Crippen LogP contribution is 2.25. The van der Waals surface area contributed by atoms with Crippen LogP contribution < -0.4 is 10.6 Å². The third kappa shape index (κ3) is 4.58. The van der Waals surface area contributed by atoms with Crippen LogP contribution in [0.1, 0.15) is 33.8 Å². The molecule has 132 valence electrons. The van der Waals surface area contributed by atoms with Gasteiger partial charge >= 0.3 is 0 Å². The highest BCUT2D eigenvalue weighted by molar-refractivity contribution is 7.10. The summed E-state index contributed by atoms with van der Waals surface area (Å²) in [6.45, 7) is 1.69. The van der Waals surface area contributed by atoms with E-state index in [4.69, 9.17) is 0 Å². The molecule has 1 aromatic heterocycles. The molecule has 5 heteroatoms. The maximum atomic E-state index is 12.4. The zero-order valence-corrected chi connectivity index (χ0v) is 15.3. The molecule has 0 aliphatic rings. The minimum absolute atomic E-state index is 0.0240. The Morgan fingerprint density at radius 1 is 0.962 bits per heavy atom. The monoisotopic (exact) mass is 364 g/mol. The molecule has 0 aliphatic heterocycles. The minimum Gasteiger partial charge on any atom is -0.376 e. The Labute approximate surface area is 156 Å². The van der Waals surface area contributed by atoms with Gasteiger partial charge in [0.25, 0.3) is 0 Å². The first-order valence-corrected chi connectivity index (χ1v) is 9.24. The lowest BCUT2D eigenvalue weighted by atomic mass is 10.1. The molecule has 0 unspecified atom stereocenters. The molecule has 1 atom stereocenters. The van der Waals surface area contributed by atoms with Crippen LogP contribution in [0.3, 0.4) is 0 Å². The molecule has 0 saturated heterocycles. The van der Waals surface area contributed by atoms with E-state index >= 15 is 0 Å². The van der Waals surface area contributed by atoms with Crippen molar-refractivity contribution >= 4 is 28.7 Å². The number of hydrogen-bond donors (Lipinski definition) is 2. The molecular formula is C21H20N2O2S. The zero-order chi connectivity index (χ0) is 18.4. The van der Waals surface area contributed by atoms with Crippen LogP contribution >= 0.6 is 11.3 Å². The van der Waals surface area contributed by atoms with Crippen LogP contribution in [0.2, 0.25) is 0 Å². The highest BCUT2D eigenvalue weighted by atomic mass is 32.1. The van der Waals surface area contributed by atoms with Crippen LogP contribution in [0.5, 0.6) is 0 Å². The summed E-state index contributed by atoms with van der Waals surface area (Å²) in [6.07, 6.45) is 0. The molecule has 0 spiro atoms. The standard InChI is InChI=1S/C21H20N2O2S/c1-15(24)16-9-11-18(12-10-16)22-14-20(25)23-21(19-8-5-13-26-19)17-6-3-2-4-7-17/h2-13,21-22H,14H2,1H3,(H,23,25)/t21-/m1/s1. The Kier molecular flexibility index (Phi) is 5.81. The molecule has 0 fully saturated rings. The summed E-state index contributed by atoms with van der Waals surface area (Å²) in [5.74, 6) is -0.0705. The van der Waals surface area contributed by atoms with Gasteiger partial charge in [0.15, 0.2) is 5.78 Å². The number of thiophene rings is 1. The van der Waals surface area contributed by atoms with E-state index in [9.17, 15) is 9.59 Å². The highest BCUT2D eigenvalue weighted by Gasteiger charge is 2.17. The van der Waals surface area contributed by atoms with Crippen molar-refractivity contribution in [1.29, 1.82) is 0 Å². The third-order valence-electron chi connectivity index (χ3n) is 4.01. The van der Waals surface area contributed by atoms with E-state index in [0.29, 0.717) is 5.56 Å². The largest absolute Gasteiger partial charge is 0.376 e. The van der Waals surface area contributed by atoms with E-state index in [-0.39, 0.29) is 24.3 Å². The van der Waals surface area contributed by atoms with Crippen LogP contribution in [0.25, 0.3) is 0 Å². The molecule has 4 nitrogen and oxygen atoms in total. The van der Waals surface area contributed by atoms with Crippen molar-refractivity contribution in [1.82, 2.24) is 5.32 Å². The molecule has 0 saturated carbocycles. The predicted molar refractivity (Wildman–Crippen MR) is 106 cm³/mol. The number of benzene rings is 2. The van der Waals surface area contributed by atoms with Gasteiger partial charge in [0.1, 0.15) is 0 Å². The Hall–Kier alpha value is -2.92. The first-order chi connectivity index (χ1) is 12.6. The van der Waals surface area contributed by atoms with E-state index < -0.39 is 0 Å². The van der Waals surface area contributed by atoms with Gasteiger partial charge in [-0.2, -0.15) is 0 Å². The van der Waals surface area contributed by atoms with Crippen molar-refractivity contribution in [2.75, 3.05) is 11.9 Å². The van der Waals surface area contributed by atoms with E-state index in [0.717, 1.165) is 16.1 Å². The summed E-state index contributed by atoms with van der Waals surface area (Å²) in [5, 5.41) is 8.19. The van der Waals surface area contributed by atoms with Gasteiger partial charge in [0.2, 0.25) is 5.91 Å². The summed E-state index contributed by atoms with van der Waals surface area (Å²) >= 11 is 1.62. The Balaban J connectivity index is 1.64. The summed E-state index contributed by atoms with van der Waals surface area (Å²) in [5.41, 5.74) is 2.51. The van der Waals surface area contributed by atoms with Gasteiger partial charge in [-0.1, -0.05) is 36.4 Å². The Morgan fingerprint density at radius 2 is 1.69 bits per heavy atom. The number of amides is 1. The van der Waals surface area contributed by atoms with Crippen LogP contribution in [0, 0.1) is 0 Å². The van der Waals surface area contributed by atoms with Crippen molar-refractivity contribution in [3.63, 3.8) is 0 Å². The third-order valence-corrected chi connectivity index (χ3v) is 4.95. The minimum atomic E-state index is -0.161. The average Bonchev–Trinajstić information content (AvgIpc) is 3.20. The van der Waals surface area contributed by atoms with Gasteiger partial charge in [-0.05, 0) is 48.2 Å². The van der Waals surface area contributed by atoms with Crippen LogP contribution in [0.4, 0.5) is 5.69 Å². The molecule has 2 N–H and O–H groups in total. The first kappa shape index (κ1) is 17.9. The molecule has 3 aromatic rings. The van der Waals surface area contributed by atoms with Gasteiger partial charge in [0, 0.05) is 16.1 Å². The molecule has 2 aromatic carbocycles. The number of nitrogens with one attached hydrogen (secondary N) is 2. The van der Waals surface area contributed by atoms with Gasteiger partial charge in [-0.25, -0.2) is 0 Å². The maximum absolute atomic E-state index is 12.4. The fourth-order valence-corrected chi connectivity index (χ4v) is 3.44. The molecule has 1 heterocycles. The van der Waals surface area contributed by atoms with E-state index in [2.05, 4.69) is 10.6 Å². The fraction of sp³-hybridized carbons (Fsp3) is 0.143. The summed E-state index contributed by atoms with van der Waals surface area (Å²) < 4.78 is 0. The quantitative estimate of drug-likeness (QED) is 0.616. The first-order valence-electron chi connectivity index (χ1n) is 8.36. The number of Topliss-reactive ketones (excluding diaryl/α,β-unsaturated/α-hetero) is 1. The average molecular weight is 364 g/mol. The molecule has 0 radical (unpaired) electrons. The second kappa shape index (κ2) is 8.45. The number of ketones is 1. The number of anilines is 1. The summed E-state index contributed by atoms with van der Waals surface area (Å²) in [4.78, 5) is 24.8. The van der Waals surface area contributed by atoms with Crippen molar-refractivity contribution < 1.29 is 9.59 Å². The van der Waals surface area contributed by atoms with Crippen LogP contribution in [-0.2, 0) is 4.79 Å². The SMILES string of the molecule is CC(=O)c1ccc(NCC(=O)N[C@H](c2ccccc2)c2cccs2)cc1. The molecule has 1 amide bonds. The molecule has 26 heavy (non-hydrogen) atoms. The fourth-order valence-electron chi connectivity index (χ4n) is 2.64. The number of carbonyl (C=O) groups is 2. The number of hydrogen-bond acceptors (Lipinski definition) is 4. The smallest absolute Gasteiger partial charge is 0.240 e. The van der Waals surface area contributed by atoms with Crippen molar-refractivity contribution in [3.8, 4) is 0 Å². The molecular weight excluding hydrogens is 344 g/mol. The topological polar surface area (TPSA) is 58.2 Å². The zero-order valence-electron chi connectivity index (χ0n) is 14.4. The van der Waals surface area contributed by atoms with Gasteiger partial charge < -0.3 is 10.6 Å². The van der Waals surface area contributed by atoms with Gasteiger partial charge in [-0.15, -0.1) is 11.3 Å². The van der Waals surface area contributed by atoms with E-state index in [1.165, 1.54) is 6.92 Å². The Bertz CT molecular complexity index is 859. The van der Waals surface area contributed by atoms with E-state index in [1.807, 2.05) is 47.8 Å². The number of carbonyl (C=O) groups excluding carboxylic acids is 2. The van der Waals surface area contributed by atoms with Gasteiger partial charge in [0.05, 0.1) is 12.6 Å². The van der Waals surface area contributed by atoms with Crippen LogP contribution in [0.15, 0.2) is 72.1 Å². The second-order valence-electron chi connectivity index (χ2n) is 5.91. The molecule has 0 aliphatic carbocycles. The lowest BCUT2D eigenvalue weighted by molar-refractivity contribution is -0.119. The van der Waals surface area contributed by atoms with E-state index in [1.54, 1.807) is 35.6 Å². The molecule has 0 bridgehead atoms. The summed E-state index contributed by atoms with van der Waals surface area (Å²) in [7, 11) is 0. The Morgan fingerprint density at radius 3 is 2.31 bits per heavy atom. The number of rotatable bonds is 7. The lowest BCUT2D eigenvalue weighted by Crippen LogP contribution is -2.33. The molecule has 3 rings (SSSR count). The van der Waals surface area contributed by atoms with Gasteiger partial charge in [-0.3, -0.25) is 9.59 Å². The summed E-state index contributed by atoms with van der Waals surface area (Å²) in [6, 6.07) is 20.9. The lowest BCUT2D eigenvalue weighted by Gasteiger charge is -2.18. The van der Waals surface area contributed by atoms with Crippen molar-refractivity contribution in [3.05, 3.63) is 88.1 Å². The normalized spacial score (nSPS) is 11.6. The predicted octanol–water partition coefficient (Wildman–Crippen LogP) is 4.27. The van der Waals surface area contributed by atoms with Crippen LogP contribution in [-0.4, -0.2) is 18.2 Å². The van der Waals surface area contributed by atoms with Crippen molar-refractivity contribution in [2.45, 2.75) is 13.0 Å².